The van der Waals surface area contributed by atoms with Crippen LogP contribution in [0.25, 0.3) is 0 Å². The Kier molecular flexibility index (Phi) is 7.67. The van der Waals surface area contributed by atoms with Crippen LogP contribution >= 0.6 is 0 Å². The van der Waals surface area contributed by atoms with Crippen molar-refractivity contribution < 1.29 is 9.53 Å². The van der Waals surface area contributed by atoms with E-state index < -0.39 is 0 Å². The Balaban J connectivity index is 2.05. The average Bonchev–Trinajstić information content (AvgIpc) is 2.64. The van der Waals surface area contributed by atoms with E-state index in [1.165, 1.54) is 6.92 Å². The van der Waals surface area contributed by atoms with Gasteiger partial charge in [-0.15, -0.1) is 0 Å². The van der Waals surface area contributed by atoms with Crippen molar-refractivity contribution in [3.63, 3.8) is 0 Å². The maximum atomic E-state index is 11.2. The number of ether oxygens (including phenoxy) is 1. The Morgan fingerprint density at radius 2 is 1.96 bits per heavy atom. The number of carbonyl (C=O) groups is 1. The molecule has 0 aromatic heterocycles. The number of methoxy groups -OCH3 is 1. The highest BCUT2D eigenvalue weighted by molar-refractivity contribution is 5.88. The first-order valence-corrected chi connectivity index (χ1v) is 9.04. The highest BCUT2D eigenvalue weighted by atomic mass is 16.5. The Morgan fingerprint density at radius 3 is 2.67 bits per heavy atom. The first-order chi connectivity index (χ1) is 13.0. The third kappa shape index (κ3) is 6.66. The summed E-state index contributed by atoms with van der Waals surface area (Å²) in [6.07, 6.45) is 0. The van der Waals surface area contributed by atoms with Gasteiger partial charge in [-0.05, 0) is 43.2 Å². The van der Waals surface area contributed by atoms with Crippen LogP contribution in [0.5, 0.6) is 5.75 Å². The second kappa shape index (κ2) is 10.2. The Morgan fingerprint density at radius 1 is 1.15 bits per heavy atom. The third-order valence-electron chi connectivity index (χ3n) is 3.90. The van der Waals surface area contributed by atoms with E-state index in [9.17, 15) is 4.79 Å². The predicted octanol–water partition coefficient (Wildman–Crippen LogP) is 3.22. The van der Waals surface area contributed by atoms with Gasteiger partial charge in [0.15, 0.2) is 5.96 Å². The SMILES string of the molecule is CCNC(=NCc1cccc(NC(C)=O)c1)NCc1ccc(C)cc1OC. The molecule has 0 radical (unpaired) electrons. The van der Waals surface area contributed by atoms with Crippen LogP contribution in [0.1, 0.15) is 30.5 Å². The standard InChI is InChI=1S/C21H28N4O2/c1-5-22-21(24-14-18-10-9-15(2)11-20(18)27-4)23-13-17-7-6-8-19(12-17)25-16(3)26/h6-12H,5,13-14H2,1-4H3,(H,25,26)(H2,22,23,24). The number of aryl methyl sites for hydroxylation is 1. The smallest absolute Gasteiger partial charge is 0.221 e. The van der Waals surface area contributed by atoms with E-state index in [1.807, 2.05) is 44.2 Å². The molecule has 0 spiro atoms. The zero-order chi connectivity index (χ0) is 19.6. The lowest BCUT2D eigenvalue weighted by Crippen LogP contribution is -2.36. The van der Waals surface area contributed by atoms with E-state index in [4.69, 9.17) is 4.74 Å². The van der Waals surface area contributed by atoms with Crippen molar-refractivity contribution in [2.75, 3.05) is 19.0 Å². The molecule has 0 aliphatic rings. The summed E-state index contributed by atoms with van der Waals surface area (Å²) in [5.74, 6) is 1.50. The van der Waals surface area contributed by atoms with Crippen LogP contribution in [0.4, 0.5) is 5.69 Å². The molecule has 0 unspecified atom stereocenters. The third-order valence-corrected chi connectivity index (χ3v) is 3.90. The number of benzene rings is 2. The summed E-state index contributed by atoms with van der Waals surface area (Å²) in [5.41, 5.74) is 4.03. The van der Waals surface area contributed by atoms with Crippen LogP contribution in [0.15, 0.2) is 47.5 Å². The van der Waals surface area contributed by atoms with Crippen LogP contribution in [0.2, 0.25) is 0 Å². The molecule has 0 aliphatic heterocycles. The van der Waals surface area contributed by atoms with Gasteiger partial charge in [-0.2, -0.15) is 0 Å². The molecule has 2 aromatic carbocycles. The van der Waals surface area contributed by atoms with E-state index in [2.05, 4.69) is 33.1 Å². The van der Waals surface area contributed by atoms with Gasteiger partial charge < -0.3 is 20.7 Å². The van der Waals surface area contributed by atoms with Crippen molar-refractivity contribution >= 4 is 17.6 Å². The number of anilines is 1. The minimum Gasteiger partial charge on any atom is -0.496 e. The summed E-state index contributed by atoms with van der Waals surface area (Å²) in [4.78, 5) is 15.8. The fraction of sp³-hybridized carbons (Fsp3) is 0.333. The molecule has 1 amide bonds. The monoisotopic (exact) mass is 368 g/mol. The van der Waals surface area contributed by atoms with Gasteiger partial charge in [-0.3, -0.25) is 4.79 Å². The number of amides is 1. The second-order valence-corrected chi connectivity index (χ2v) is 6.25. The van der Waals surface area contributed by atoms with Gasteiger partial charge in [-0.1, -0.05) is 24.3 Å². The lowest BCUT2D eigenvalue weighted by Gasteiger charge is -2.14. The summed E-state index contributed by atoms with van der Waals surface area (Å²) < 4.78 is 5.46. The summed E-state index contributed by atoms with van der Waals surface area (Å²) >= 11 is 0. The van der Waals surface area contributed by atoms with Gasteiger partial charge in [0.25, 0.3) is 0 Å². The molecule has 0 saturated carbocycles. The molecule has 2 aromatic rings. The summed E-state index contributed by atoms with van der Waals surface area (Å²) in [6.45, 7) is 7.45. The number of nitrogens with one attached hydrogen (secondary N) is 3. The quantitative estimate of drug-likeness (QED) is 0.518. The summed E-state index contributed by atoms with van der Waals surface area (Å²) in [7, 11) is 1.68. The van der Waals surface area contributed by atoms with Crippen molar-refractivity contribution in [2.45, 2.75) is 33.9 Å². The fourth-order valence-electron chi connectivity index (χ4n) is 2.64. The Hall–Kier alpha value is -3.02. The van der Waals surface area contributed by atoms with Crippen LogP contribution in [0.3, 0.4) is 0 Å². The molecule has 0 bridgehead atoms. The zero-order valence-electron chi connectivity index (χ0n) is 16.4. The Bertz CT molecular complexity index is 803. The van der Waals surface area contributed by atoms with Crippen molar-refractivity contribution in [3.8, 4) is 5.75 Å². The number of aliphatic imine (C=N–C) groups is 1. The largest absolute Gasteiger partial charge is 0.496 e. The molecular weight excluding hydrogens is 340 g/mol. The molecule has 3 N–H and O–H groups in total. The highest BCUT2D eigenvalue weighted by Gasteiger charge is 2.05. The number of carbonyl (C=O) groups excluding carboxylic acids is 1. The van der Waals surface area contributed by atoms with E-state index in [0.717, 1.165) is 40.6 Å². The van der Waals surface area contributed by atoms with E-state index in [0.29, 0.717) is 13.1 Å². The van der Waals surface area contributed by atoms with E-state index in [1.54, 1.807) is 7.11 Å². The summed E-state index contributed by atoms with van der Waals surface area (Å²) in [5, 5.41) is 9.37. The van der Waals surface area contributed by atoms with Crippen molar-refractivity contribution in [2.24, 2.45) is 4.99 Å². The van der Waals surface area contributed by atoms with Crippen LogP contribution < -0.4 is 20.7 Å². The van der Waals surface area contributed by atoms with Crippen molar-refractivity contribution in [3.05, 3.63) is 59.2 Å². The zero-order valence-corrected chi connectivity index (χ0v) is 16.4. The number of nitrogens with zero attached hydrogens (tertiary/aromatic N) is 1. The maximum absolute atomic E-state index is 11.2. The number of guanidine groups is 1. The number of rotatable bonds is 7. The van der Waals surface area contributed by atoms with Crippen LogP contribution in [-0.2, 0) is 17.9 Å². The minimum atomic E-state index is -0.0855. The molecule has 0 fully saturated rings. The van der Waals surface area contributed by atoms with Gasteiger partial charge in [0.2, 0.25) is 5.91 Å². The lowest BCUT2D eigenvalue weighted by atomic mass is 10.1. The molecular formula is C21H28N4O2. The van der Waals surface area contributed by atoms with E-state index in [-0.39, 0.29) is 5.91 Å². The molecule has 0 heterocycles. The first-order valence-electron chi connectivity index (χ1n) is 9.04. The van der Waals surface area contributed by atoms with Gasteiger partial charge in [-0.25, -0.2) is 4.99 Å². The Labute approximate surface area is 161 Å². The number of hydrogen-bond acceptors (Lipinski definition) is 3. The maximum Gasteiger partial charge on any atom is 0.221 e. The molecule has 0 atom stereocenters. The van der Waals surface area contributed by atoms with Crippen molar-refractivity contribution in [1.82, 2.24) is 10.6 Å². The molecule has 6 nitrogen and oxygen atoms in total. The van der Waals surface area contributed by atoms with E-state index >= 15 is 0 Å². The van der Waals surface area contributed by atoms with Gasteiger partial charge >= 0.3 is 0 Å². The topological polar surface area (TPSA) is 74.8 Å². The number of hydrogen-bond donors (Lipinski definition) is 3. The highest BCUT2D eigenvalue weighted by Crippen LogP contribution is 2.19. The second-order valence-electron chi connectivity index (χ2n) is 6.25. The summed E-state index contributed by atoms with van der Waals surface area (Å²) in [6, 6.07) is 13.8. The first kappa shape index (κ1) is 20.3. The van der Waals surface area contributed by atoms with Gasteiger partial charge in [0.05, 0.1) is 13.7 Å². The lowest BCUT2D eigenvalue weighted by molar-refractivity contribution is -0.114. The van der Waals surface area contributed by atoms with Crippen LogP contribution in [0, 0.1) is 6.92 Å². The van der Waals surface area contributed by atoms with Crippen molar-refractivity contribution in [1.29, 1.82) is 0 Å². The van der Waals surface area contributed by atoms with Gasteiger partial charge in [0, 0.05) is 31.3 Å². The minimum absolute atomic E-state index is 0.0855. The predicted molar refractivity (Wildman–Crippen MR) is 110 cm³/mol. The molecule has 27 heavy (non-hydrogen) atoms. The molecule has 144 valence electrons. The average molecular weight is 368 g/mol. The molecule has 0 saturated heterocycles. The normalized spacial score (nSPS) is 11.0. The molecule has 6 heteroatoms. The van der Waals surface area contributed by atoms with Crippen LogP contribution in [-0.4, -0.2) is 25.5 Å². The fourth-order valence-corrected chi connectivity index (χ4v) is 2.64. The molecule has 2 rings (SSSR count). The molecule has 0 aliphatic carbocycles. The van der Waals surface area contributed by atoms with Gasteiger partial charge in [0.1, 0.15) is 5.75 Å².